The number of halogens is 1. The van der Waals surface area contributed by atoms with Crippen molar-refractivity contribution in [1.82, 2.24) is 15.1 Å². The summed E-state index contributed by atoms with van der Waals surface area (Å²) >= 11 is 6.11. The summed E-state index contributed by atoms with van der Waals surface area (Å²) in [5.41, 5.74) is 5.07. The van der Waals surface area contributed by atoms with E-state index in [0.717, 1.165) is 52.4 Å². The van der Waals surface area contributed by atoms with Gasteiger partial charge in [-0.15, -0.1) is 0 Å². The van der Waals surface area contributed by atoms with Gasteiger partial charge in [0.05, 0.1) is 12.2 Å². The third-order valence-corrected chi connectivity index (χ3v) is 5.60. The lowest BCUT2D eigenvalue weighted by atomic mass is 9.93. The monoisotopic (exact) mass is 411 g/mol. The van der Waals surface area contributed by atoms with Crippen molar-refractivity contribution < 1.29 is 9.21 Å². The molecule has 0 atom stereocenters. The summed E-state index contributed by atoms with van der Waals surface area (Å²) in [5, 5.41) is 8.52. The molecule has 1 aromatic carbocycles. The Kier molecular flexibility index (Phi) is 5.50. The fraction of sp³-hybridized carbons (Fsp3) is 0.391. The topological polar surface area (TPSA) is 60.1 Å². The summed E-state index contributed by atoms with van der Waals surface area (Å²) in [5.74, 6) is 1.68. The minimum absolute atomic E-state index is 0.141. The number of carbonyl (C=O) groups is 1. The number of carbonyl (C=O) groups excluding carboxylic acids is 1. The van der Waals surface area contributed by atoms with E-state index in [2.05, 4.69) is 25.4 Å². The van der Waals surface area contributed by atoms with Crippen molar-refractivity contribution in [2.75, 3.05) is 6.54 Å². The van der Waals surface area contributed by atoms with E-state index in [1.165, 1.54) is 5.56 Å². The van der Waals surface area contributed by atoms with Gasteiger partial charge in [0.15, 0.2) is 5.76 Å². The number of aryl methyl sites for hydroxylation is 2. The van der Waals surface area contributed by atoms with Crippen LogP contribution < -0.4 is 5.32 Å². The van der Waals surface area contributed by atoms with Gasteiger partial charge in [-0.05, 0) is 48.9 Å². The molecule has 5 nitrogen and oxygen atoms in total. The Bertz CT molecular complexity index is 1050. The Balaban J connectivity index is 1.59. The van der Waals surface area contributed by atoms with E-state index >= 15 is 0 Å². The number of hydrogen-bond donors (Lipinski definition) is 1. The van der Waals surface area contributed by atoms with Crippen LogP contribution >= 0.6 is 11.6 Å². The Labute approximate surface area is 176 Å². The van der Waals surface area contributed by atoms with Crippen LogP contribution in [0.4, 0.5) is 0 Å². The van der Waals surface area contributed by atoms with Crippen LogP contribution in [0.25, 0.3) is 11.3 Å². The lowest BCUT2D eigenvalue weighted by molar-refractivity contribution is 0.0921. The maximum absolute atomic E-state index is 12.6. The van der Waals surface area contributed by atoms with Gasteiger partial charge in [-0.2, -0.15) is 5.10 Å². The molecule has 2 heterocycles. The van der Waals surface area contributed by atoms with Crippen molar-refractivity contribution in [3.63, 3.8) is 0 Å². The number of nitrogens with zero attached hydrogens (tertiary/aromatic N) is 2. The summed E-state index contributed by atoms with van der Waals surface area (Å²) in [6, 6.07) is 7.81. The highest BCUT2D eigenvalue weighted by atomic mass is 35.5. The molecule has 0 fully saturated rings. The van der Waals surface area contributed by atoms with Gasteiger partial charge in [0, 0.05) is 35.3 Å². The fourth-order valence-electron chi connectivity index (χ4n) is 3.84. The fourth-order valence-corrected chi connectivity index (χ4v) is 4.05. The largest absolute Gasteiger partial charge is 0.455 e. The molecule has 1 N–H and O–H groups in total. The van der Waals surface area contributed by atoms with Gasteiger partial charge < -0.3 is 9.73 Å². The molecule has 0 unspecified atom stereocenters. The lowest BCUT2D eigenvalue weighted by Gasteiger charge is -2.09. The van der Waals surface area contributed by atoms with Crippen molar-refractivity contribution in [3.05, 3.63) is 63.7 Å². The average Bonchev–Trinajstić information content (AvgIpc) is 3.21. The quantitative estimate of drug-likeness (QED) is 0.619. The maximum atomic E-state index is 12.6. The lowest BCUT2D eigenvalue weighted by Crippen LogP contribution is -2.25. The molecule has 1 aliphatic rings. The first-order valence-electron chi connectivity index (χ1n) is 10.1. The van der Waals surface area contributed by atoms with Gasteiger partial charge in [-0.1, -0.05) is 37.6 Å². The zero-order chi connectivity index (χ0) is 20.5. The molecule has 0 saturated heterocycles. The number of hydrogen-bond acceptors (Lipinski definition) is 3. The second-order valence-corrected chi connectivity index (χ2v) is 8.56. The van der Waals surface area contributed by atoms with Crippen LogP contribution in [0.5, 0.6) is 0 Å². The summed E-state index contributed by atoms with van der Waals surface area (Å²) in [4.78, 5) is 12.6. The number of amides is 1. The minimum atomic E-state index is -0.141. The first-order valence-corrected chi connectivity index (χ1v) is 10.5. The molecule has 0 aliphatic heterocycles. The highest BCUT2D eigenvalue weighted by Gasteiger charge is 2.29. The molecule has 0 bridgehead atoms. The van der Waals surface area contributed by atoms with E-state index in [1.807, 2.05) is 35.9 Å². The molecule has 29 heavy (non-hydrogen) atoms. The van der Waals surface area contributed by atoms with Crippen molar-refractivity contribution in [3.8, 4) is 11.3 Å². The number of aromatic nitrogens is 2. The second kappa shape index (κ2) is 8.07. The van der Waals surface area contributed by atoms with E-state index in [-0.39, 0.29) is 5.91 Å². The molecule has 0 radical (unpaired) electrons. The molecule has 152 valence electrons. The van der Waals surface area contributed by atoms with Crippen molar-refractivity contribution in [2.45, 2.75) is 46.6 Å². The highest BCUT2D eigenvalue weighted by molar-refractivity contribution is 6.30. The molecule has 4 rings (SSSR count). The summed E-state index contributed by atoms with van der Waals surface area (Å²) < 4.78 is 7.92. The predicted octanol–water partition coefficient (Wildman–Crippen LogP) is 5.03. The van der Waals surface area contributed by atoms with Crippen LogP contribution in [0.15, 0.2) is 34.9 Å². The zero-order valence-electron chi connectivity index (χ0n) is 17.1. The summed E-state index contributed by atoms with van der Waals surface area (Å²) in [6.07, 6.45) is 4.68. The molecule has 1 amide bonds. The van der Waals surface area contributed by atoms with Crippen LogP contribution in [0.3, 0.4) is 0 Å². The Morgan fingerprint density at radius 3 is 2.93 bits per heavy atom. The average molecular weight is 412 g/mol. The third kappa shape index (κ3) is 4.10. The van der Waals surface area contributed by atoms with E-state index in [4.69, 9.17) is 21.1 Å². The van der Waals surface area contributed by atoms with Gasteiger partial charge in [-0.25, -0.2) is 0 Å². The number of rotatable bonds is 6. The SMILES string of the molecule is Cc1c(C(=O)NCCC(C)C)oc2c1-c1nn(Cc3cccc(Cl)c3)cc1CC2. The minimum Gasteiger partial charge on any atom is -0.455 e. The van der Waals surface area contributed by atoms with Gasteiger partial charge in [0.2, 0.25) is 0 Å². The van der Waals surface area contributed by atoms with E-state index in [9.17, 15) is 4.79 Å². The smallest absolute Gasteiger partial charge is 0.287 e. The normalized spacial score (nSPS) is 12.7. The second-order valence-electron chi connectivity index (χ2n) is 8.12. The molecule has 3 aromatic rings. The predicted molar refractivity (Wildman–Crippen MR) is 114 cm³/mol. The Morgan fingerprint density at radius 1 is 1.34 bits per heavy atom. The molecular formula is C23H26ClN3O2. The van der Waals surface area contributed by atoms with Crippen LogP contribution in [0, 0.1) is 12.8 Å². The third-order valence-electron chi connectivity index (χ3n) is 5.36. The van der Waals surface area contributed by atoms with Crippen molar-refractivity contribution in [1.29, 1.82) is 0 Å². The van der Waals surface area contributed by atoms with Gasteiger partial charge in [0.25, 0.3) is 5.91 Å². The van der Waals surface area contributed by atoms with Gasteiger partial charge in [0.1, 0.15) is 5.76 Å². The first kappa shape index (κ1) is 19.8. The van der Waals surface area contributed by atoms with Crippen molar-refractivity contribution >= 4 is 17.5 Å². The number of benzene rings is 1. The highest BCUT2D eigenvalue weighted by Crippen LogP contribution is 2.38. The first-order chi connectivity index (χ1) is 13.9. The Hall–Kier alpha value is -2.53. The maximum Gasteiger partial charge on any atom is 0.287 e. The molecule has 0 saturated carbocycles. The zero-order valence-corrected chi connectivity index (χ0v) is 17.8. The van der Waals surface area contributed by atoms with Gasteiger partial charge in [-0.3, -0.25) is 9.48 Å². The van der Waals surface area contributed by atoms with Crippen LogP contribution in [-0.2, 0) is 19.4 Å². The number of furan rings is 1. The molecule has 1 aliphatic carbocycles. The van der Waals surface area contributed by atoms with Crippen LogP contribution in [-0.4, -0.2) is 22.2 Å². The Morgan fingerprint density at radius 2 is 2.17 bits per heavy atom. The van der Waals surface area contributed by atoms with E-state index in [0.29, 0.717) is 24.8 Å². The number of fused-ring (bicyclic) bond motifs is 3. The molecule has 6 heteroatoms. The molecular weight excluding hydrogens is 386 g/mol. The standard InChI is InChI=1S/C23H26ClN3O2/c1-14(2)9-10-25-23(28)22-15(3)20-19(29-22)8-7-17-13-27(26-21(17)20)12-16-5-4-6-18(24)11-16/h4-6,11,13-14H,7-10,12H2,1-3H3,(H,25,28). The van der Waals surface area contributed by atoms with E-state index < -0.39 is 0 Å². The summed E-state index contributed by atoms with van der Waals surface area (Å²) in [7, 11) is 0. The van der Waals surface area contributed by atoms with E-state index in [1.54, 1.807) is 0 Å². The molecule has 0 spiro atoms. The number of nitrogens with one attached hydrogen (secondary N) is 1. The van der Waals surface area contributed by atoms with Crippen LogP contribution in [0.2, 0.25) is 5.02 Å². The molecule has 2 aromatic heterocycles. The van der Waals surface area contributed by atoms with Gasteiger partial charge >= 0.3 is 0 Å². The van der Waals surface area contributed by atoms with Crippen molar-refractivity contribution in [2.24, 2.45) is 5.92 Å². The van der Waals surface area contributed by atoms with Crippen LogP contribution in [0.1, 0.15) is 53.3 Å². The summed E-state index contributed by atoms with van der Waals surface area (Å²) in [6.45, 7) is 7.54.